The lowest BCUT2D eigenvalue weighted by Crippen LogP contribution is -2.35. The second-order valence-corrected chi connectivity index (χ2v) is 6.67. The van der Waals surface area contributed by atoms with E-state index >= 15 is 0 Å². The molecule has 2 amide bonds. The molecular weight excluding hydrogens is 356 g/mol. The first-order valence-corrected chi connectivity index (χ1v) is 8.99. The number of benzene rings is 1. The molecule has 0 aliphatic heterocycles. The highest BCUT2D eigenvalue weighted by Crippen LogP contribution is 2.37. The average molecular weight is 381 g/mol. The van der Waals surface area contributed by atoms with Gasteiger partial charge in [0, 0.05) is 30.5 Å². The van der Waals surface area contributed by atoms with Crippen LogP contribution < -0.4 is 20.1 Å². The van der Waals surface area contributed by atoms with Gasteiger partial charge in [0.25, 0.3) is 0 Å². The quantitative estimate of drug-likeness (QED) is 0.711. The van der Waals surface area contributed by atoms with Crippen LogP contribution in [0.3, 0.4) is 0 Å². The summed E-state index contributed by atoms with van der Waals surface area (Å²) in [7, 11) is 3.03. The van der Waals surface area contributed by atoms with Gasteiger partial charge in [-0.25, -0.2) is 0 Å². The van der Waals surface area contributed by atoms with E-state index in [1.54, 1.807) is 18.2 Å². The standard InChI is InChI=1S/C19H25ClN2O4/c1-4-9-21-18(23)12-5-7-13(8-6-12)19(24)22-15-11-16(25-2)14(20)10-17(15)26-3/h4,10-13H,1,5-9H2,2-3H3,(H,21,23)(H,22,24). The lowest BCUT2D eigenvalue weighted by Gasteiger charge is -2.27. The zero-order chi connectivity index (χ0) is 19.1. The van der Waals surface area contributed by atoms with Gasteiger partial charge in [0.2, 0.25) is 11.8 Å². The van der Waals surface area contributed by atoms with Crippen LogP contribution >= 0.6 is 11.6 Å². The van der Waals surface area contributed by atoms with E-state index in [-0.39, 0.29) is 23.7 Å². The third-order valence-corrected chi connectivity index (χ3v) is 4.92. The van der Waals surface area contributed by atoms with Crippen molar-refractivity contribution in [2.24, 2.45) is 11.8 Å². The molecule has 0 heterocycles. The van der Waals surface area contributed by atoms with E-state index in [2.05, 4.69) is 17.2 Å². The Balaban J connectivity index is 1.97. The largest absolute Gasteiger partial charge is 0.495 e. The van der Waals surface area contributed by atoms with Crippen LogP contribution in [0.5, 0.6) is 11.5 Å². The maximum absolute atomic E-state index is 12.6. The first kappa shape index (κ1) is 20.1. The molecule has 6 nitrogen and oxygen atoms in total. The summed E-state index contributed by atoms with van der Waals surface area (Å²) in [6.45, 7) is 4.06. The molecule has 26 heavy (non-hydrogen) atoms. The van der Waals surface area contributed by atoms with E-state index in [0.29, 0.717) is 54.4 Å². The highest BCUT2D eigenvalue weighted by molar-refractivity contribution is 6.32. The van der Waals surface area contributed by atoms with E-state index < -0.39 is 0 Å². The summed E-state index contributed by atoms with van der Waals surface area (Å²) in [6, 6.07) is 3.25. The lowest BCUT2D eigenvalue weighted by molar-refractivity contribution is -0.128. The number of nitrogens with one attached hydrogen (secondary N) is 2. The molecule has 0 radical (unpaired) electrons. The van der Waals surface area contributed by atoms with Crippen molar-refractivity contribution >= 4 is 29.1 Å². The van der Waals surface area contributed by atoms with Crippen LogP contribution in [-0.2, 0) is 9.59 Å². The van der Waals surface area contributed by atoms with Crippen molar-refractivity contribution < 1.29 is 19.1 Å². The van der Waals surface area contributed by atoms with Gasteiger partial charge >= 0.3 is 0 Å². The highest BCUT2D eigenvalue weighted by Gasteiger charge is 2.30. The van der Waals surface area contributed by atoms with Crippen molar-refractivity contribution in [2.75, 3.05) is 26.1 Å². The fraction of sp³-hybridized carbons (Fsp3) is 0.474. The zero-order valence-corrected chi connectivity index (χ0v) is 15.9. The van der Waals surface area contributed by atoms with Gasteiger partial charge in [0.1, 0.15) is 11.5 Å². The molecule has 1 aliphatic rings. The number of carbonyl (C=O) groups is 2. The van der Waals surface area contributed by atoms with E-state index in [0.717, 1.165) is 0 Å². The smallest absolute Gasteiger partial charge is 0.227 e. The van der Waals surface area contributed by atoms with Crippen LogP contribution in [0.2, 0.25) is 5.02 Å². The Morgan fingerprint density at radius 2 is 1.69 bits per heavy atom. The molecule has 2 rings (SSSR count). The van der Waals surface area contributed by atoms with E-state index in [1.165, 1.54) is 14.2 Å². The van der Waals surface area contributed by atoms with Crippen LogP contribution in [0.25, 0.3) is 0 Å². The number of hydrogen-bond acceptors (Lipinski definition) is 4. The second-order valence-electron chi connectivity index (χ2n) is 6.26. The zero-order valence-electron chi connectivity index (χ0n) is 15.1. The van der Waals surface area contributed by atoms with Gasteiger partial charge in [-0.1, -0.05) is 17.7 Å². The third kappa shape index (κ3) is 4.91. The molecule has 1 aromatic carbocycles. The topological polar surface area (TPSA) is 76.7 Å². The Hall–Kier alpha value is -2.21. The van der Waals surface area contributed by atoms with E-state index in [4.69, 9.17) is 21.1 Å². The van der Waals surface area contributed by atoms with Gasteiger partial charge in [-0.3, -0.25) is 9.59 Å². The molecule has 1 aliphatic carbocycles. The third-order valence-electron chi connectivity index (χ3n) is 4.62. The molecule has 0 atom stereocenters. The van der Waals surface area contributed by atoms with Gasteiger partial charge < -0.3 is 20.1 Å². The fourth-order valence-corrected chi connectivity index (χ4v) is 3.36. The Bertz CT molecular complexity index is 670. The number of ether oxygens (including phenoxy) is 2. The average Bonchev–Trinajstić information content (AvgIpc) is 2.67. The minimum absolute atomic E-state index is 0.0351. The van der Waals surface area contributed by atoms with Crippen molar-refractivity contribution in [1.29, 1.82) is 0 Å². The van der Waals surface area contributed by atoms with Gasteiger partial charge in [0.05, 0.1) is 24.9 Å². The highest BCUT2D eigenvalue weighted by atomic mass is 35.5. The van der Waals surface area contributed by atoms with Crippen LogP contribution in [0.4, 0.5) is 5.69 Å². The second kappa shape index (κ2) is 9.48. The number of carbonyl (C=O) groups excluding carboxylic acids is 2. The molecule has 142 valence electrons. The minimum atomic E-state index is -0.134. The molecular formula is C19H25ClN2O4. The van der Waals surface area contributed by atoms with Gasteiger partial charge in [-0.05, 0) is 25.7 Å². The molecule has 0 unspecified atom stereocenters. The lowest BCUT2D eigenvalue weighted by atomic mass is 9.81. The molecule has 0 aromatic heterocycles. The van der Waals surface area contributed by atoms with Gasteiger partial charge in [0.15, 0.2) is 0 Å². The molecule has 1 fully saturated rings. The minimum Gasteiger partial charge on any atom is -0.495 e. The van der Waals surface area contributed by atoms with Crippen LogP contribution in [0.1, 0.15) is 25.7 Å². The molecule has 0 spiro atoms. The number of amides is 2. The molecule has 0 saturated heterocycles. The van der Waals surface area contributed by atoms with Crippen LogP contribution in [-0.4, -0.2) is 32.6 Å². The Morgan fingerprint density at radius 3 is 2.23 bits per heavy atom. The monoisotopic (exact) mass is 380 g/mol. The van der Waals surface area contributed by atoms with Crippen molar-refractivity contribution in [1.82, 2.24) is 5.32 Å². The Morgan fingerprint density at radius 1 is 1.12 bits per heavy atom. The molecule has 1 aromatic rings. The number of hydrogen-bond donors (Lipinski definition) is 2. The summed E-state index contributed by atoms with van der Waals surface area (Å²) in [5, 5.41) is 6.12. The van der Waals surface area contributed by atoms with E-state index in [1.807, 2.05) is 0 Å². The first-order valence-electron chi connectivity index (χ1n) is 8.61. The number of rotatable bonds is 7. The molecule has 1 saturated carbocycles. The number of methoxy groups -OCH3 is 2. The van der Waals surface area contributed by atoms with Gasteiger partial charge in [-0.15, -0.1) is 6.58 Å². The SMILES string of the molecule is C=CCNC(=O)C1CCC(C(=O)Nc2cc(OC)c(Cl)cc2OC)CC1. The van der Waals surface area contributed by atoms with Crippen LogP contribution in [0, 0.1) is 11.8 Å². The van der Waals surface area contributed by atoms with Crippen molar-refractivity contribution in [3.63, 3.8) is 0 Å². The molecule has 7 heteroatoms. The maximum atomic E-state index is 12.6. The van der Waals surface area contributed by atoms with Crippen molar-refractivity contribution in [2.45, 2.75) is 25.7 Å². The Labute approximate surface area is 158 Å². The predicted octanol–water partition coefficient (Wildman–Crippen LogP) is 3.40. The summed E-state index contributed by atoms with van der Waals surface area (Å²) < 4.78 is 10.5. The molecule has 2 N–H and O–H groups in total. The maximum Gasteiger partial charge on any atom is 0.227 e. The normalized spacial score (nSPS) is 19.3. The summed E-state index contributed by atoms with van der Waals surface area (Å²) in [5.41, 5.74) is 0.518. The van der Waals surface area contributed by atoms with Crippen LogP contribution in [0.15, 0.2) is 24.8 Å². The summed E-state index contributed by atoms with van der Waals surface area (Å²) in [4.78, 5) is 24.6. The number of anilines is 1. The van der Waals surface area contributed by atoms with Crippen molar-refractivity contribution in [3.05, 3.63) is 29.8 Å². The summed E-state index contributed by atoms with van der Waals surface area (Å²) in [6.07, 6.45) is 4.39. The molecule has 0 bridgehead atoms. The summed E-state index contributed by atoms with van der Waals surface area (Å²) >= 11 is 6.09. The summed E-state index contributed by atoms with van der Waals surface area (Å²) in [5.74, 6) is 0.714. The number of halogens is 1. The van der Waals surface area contributed by atoms with Crippen molar-refractivity contribution in [3.8, 4) is 11.5 Å². The predicted molar refractivity (Wildman–Crippen MR) is 102 cm³/mol. The van der Waals surface area contributed by atoms with E-state index in [9.17, 15) is 9.59 Å². The fourth-order valence-electron chi connectivity index (χ4n) is 3.13. The van der Waals surface area contributed by atoms with Gasteiger partial charge in [-0.2, -0.15) is 0 Å². The first-order chi connectivity index (χ1) is 12.5. The Kier molecular flexibility index (Phi) is 7.33.